The van der Waals surface area contributed by atoms with Crippen LogP contribution in [0.25, 0.3) is 16.6 Å². The van der Waals surface area contributed by atoms with E-state index >= 15 is 0 Å². The molecule has 44 heavy (non-hydrogen) atoms. The zero-order chi connectivity index (χ0) is 30.6. The Morgan fingerprint density at radius 1 is 0.886 bits per heavy atom. The van der Waals surface area contributed by atoms with E-state index in [-0.39, 0.29) is 12.0 Å². The second kappa shape index (κ2) is 12.6. The van der Waals surface area contributed by atoms with Gasteiger partial charge in [0.15, 0.2) is 0 Å². The Labute approximate surface area is 255 Å². The Kier molecular flexibility index (Phi) is 8.31. The monoisotopic (exact) mass is 590 g/mol. The van der Waals surface area contributed by atoms with Gasteiger partial charge in [0.2, 0.25) is 0 Å². The number of hydrogen-bond acceptors (Lipinski definition) is 5. The summed E-state index contributed by atoms with van der Waals surface area (Å²) in [6.45, 7) is 4.51. The molecular formula is C35H34N4O5. The molecule has 0 radical (unpaired) electrons. The van der Waals surface area contributed by atoms with Crippen molar-refractivity contribution in [3.05, 3.63) is 114 Å². The maximum absolute atomic E-state index is 13.1. The first-order chi connectivity index (χ1) is 21.3. The number of anilines is 2. The number of nitrogens with zero attached hydrogens (tertiary/aromatic N) is 2. The molecule has 9 nitrogen and oxygen atoms in total. The van der Waals surface area contributed by atoms with Gasteiger partial charge in [0, 0.05) is 53.8 Å². The summed E-state index contributed by atoms with van der Waals surface area (Å²) in [7, 11) is 0. The molecule has 2 amide bonds. The molecule has 1 saturated heterocycles. The van der Waals surface area contributed by atoms with Crippen molar-refractivity contribution in [2.45, 2.75) is 32.4 Å². The van der Waals surface area contributed by atoms with E-state index in [4.69, 9.17) is 9.84 Å². The Hall–Kier alpha value is -5.12. The van der Waals surface area contributed by atoms with E-state index < -0.39 is 6.09 Å². The molecule has 5 aromatic rings. The number of carbonyl (C=O) groups excluding carboxylic acids is 1. The predicted molar refractivity (Wildman–Crippen MR) is 171 cm³/mol. The number of amides is 2. The number of benzene rings is 4. The van der Waals surface area contributed by atoms with Crippen molar-refractivity contribution in [2.24, 2.45) is 0 Å². The van der Waals surface area contributed by atoms with Crippen LogP contribution in [0, 0.1) is 6.92 Å². The Morgan fingerprint density at radius 2 is 1.59 bits per heavy atom. The smallest absolute Gasteiger partial charge is 0.409 e. The number of carboxylic acid groups (broad SMARTS) is 1. The van der Waals surface area contributed by atoms with Crippen LogP contribution in [0.2, 0.25) is 0 Å². The third kappa shape index (κ3) is 6.59. The van der Waals surface area contributed by atoms with Crippen LogP contribution in [0.15, 0.2) is 97.2 Å². The highest BCUT2D eigenvalue weighted by Crippen LogP contribution is 2.30. The van der Waals surface area contributed by atoms with Crippen LogP contribution in [0.5, 0.6) is 11.5 Å². The molecule has 0 saturated carbocycles. The summed E-state index contributed by atoms with van der Waals surface area (Å²) in [6.07, 6.45) is 2.48. The van der Waals surface area contributed by atoms with Crippen LogP contribution >= 0.6 is 0 Å². The normalized spacial score (nSPS) is 14.0. The van der Waals surface area contributed by atoms with Crippen LogP contribution < -0.4 is 15.4 Å². The fourth-order valence-corrected chi connectivity index (χ4v) is 5.58. The van der Waals surface area contributed by atoms with Gasteiger partial charge in [-0.15, -0.1) is 0 Å². The second-order valence-electron chi connectivity index (χ2n) is 11.1. The topological polar surface area (TPSA) is 116 Å². The molecule has 0 spiro atoms. The van der Waals surface area contributed by atoms with Crippen molar-refractivity contribution in [3.63, 3.8) is 0 Å². The Bertz CT molecular complexity index is 1790. The van der Waals surface area contributed by atoms with Gasteiger partial charge in [0.1, 0.15) is 11.5 Å². The lowest BCUT2D eigenvalue weighted by Gasteiger charge is -2.29. The van der Waals surface area contributed by atoms with Crippen LogP contribution in [0.4, 0.5) is 16.2 Å². The molecule has 1 aliphatic rings. The highest BCUT2D eigenvalue weighted by molar-refractivity contribution is 6.04. The van der Waals surface area contributed by atoms with Gasteiger partial charge >= 0.3 is 6.09 Å². The van der Waals surface area contributed by atoms with Gasteiger partial charge in [0.05, 0.1) is 11.6 Å². The maximum atomic E-state index is 13.1. The number of aromatic nitrogens is 1. The predicted octanol–water partition coefficient (Wildman–Crippen LogP) is 7.03. The van der Waals surface area contributed by atoms with Crippen molar-refractivity contribution in [1.82, 2.24) is 9.47 Å². The third-order valence-corrected chi connectivity index (χ3v) is 7.92. The number of hydrogen-bond donors (Lipinski definition) is 4. The van der Waals surface area contributed by atoms with E-state index in [1.54, 1.807) is 36.4 Å². The van der Waals surface area contributed by atoms with E-state index in [0.29, 0.717) is 28.4 Å². The van der Waals surface area contributed by atoms with Crippen molar-refractivity contribution < 1.29 is 24.5 Å². The Balaban J connectivity index is 1.12. The molecule has 0 aliphatic carbocycles. The first kappa shape index (κ1) is 29.0. The molecule has 0 atom stereocenters. The van der Waals surface area contributed by atoms with E-state index in [1.807, 2.05) is 43.3 Å². The molecule has 1 aromatic heterocycles. The van der Waals surface area contributed by atoms with E-state index in [0.717, 1.165) is 49.2 Å². The number of nitrogens with one attached hydrogen (secondary N) is 2. The third-order valence-electron chi connectivity index (χ3n) is 7.92. The fraction of sp³-hybridized carbons (Fsp3) is 0.200. The number of piperidine rings is 1. The van der Waals surface area contributed by atoms with Gasteiger partial charge in [-0.25, -0.2) is 4.79 Å². The standard InChI is InChI=1S/C35H34N4O5/c1-23-20-27(10-15-33(23)44-30-13-8-26(9-14-30)37-35(42)43)36-34(41)24-6-11-28(12-7-24)39-22-25(31-4-2-3-5-32(31)39)21-38-18-16-29(40)17-19-38/h2-15,20,22,29,37,40H,16-19,21H2,1H3,(H,36,41)(H,42,43). The van der Waals surface area contributed by atoms with E-state index in [9.17, 15) is 14.7 Å². The number of likely N-dealkylation sites (tertiary alicyclic amines) is 1. The van der Waals surface area contributed by atoms with Crippen LogP contribution in [0.1, 0.15) is 34.3 Å². The van der Waals surface area contributed by atoms with E-state index in [1.165, 1.54) is 10.9 Å². The number of aliphatic hydroxyl groups excluding tert-OH is 1. The summed E-state index contributed by atoms with van der Waals surface area (Å²) in [5.41, 5.74) is 5.82. The lowest BCUT2D eigenvalue weighted by molar-refractivity contribution is 0.0794. The molecule has 6 rings (SSSR count). The minimum atomic E-state index is -1.13. The van der Waals surface area contributed by atoms with Crippen molar-refractivity contribution >= 4 is 34.3 Å². The van der Waals surface area contributed by atoms with Gasteiger partial charge in [-0.05, 0) is 104 Å². The zero-order valence-electron chi connectivity index (χ0n) is 24.4. The number of rotatable bonds is 8. The van der Waals surface area contributed by atoms with Gasteiger partial charge in [-0.3, -0.25) is 15.0 Å². The largest absolute Gasteiger partial charge is 0.465 e. The number of fused-ring (bicyclic) bond motifs is 1. The summed E-state index contributed by atoms with van der Waals surface area (Å²) < 4.78 is 8.12. The van der Waals surface area contributed by atoms with Crippen LogP contribution in [0.3, 0.4) is 0 Å². The summed E-state index contributed by atoms with van der Waals surface area (Å²) >= 11 is 0. The molecule has 1 fully saturated rings. The highest BCUT2D eigenvalue weighted by Gasteiger charge is 2.19. The quantitative estimate of drug-likeness (QED) is 0.154. The lowest BCUT2D eigenvalue weighted by Crippen LogP contribution is -2.35. The summed E-state index contributed by atoms with van der Waals surface area (Å²) in [5.74, 6) is 0.980. The minimum Gasteiger partial charge on any atom is -0.465 e. The summed E-state index contributed by atoms with van der Waals surface area (Å²) in [5, 5.41) is 25.2. The first-order valence-electron chi connectivity index (χ1n) is 14.6. The average molecular weight is 591 g/mol. The number of para-hydroxylation sites is 1. The van der Waals surface area contributed by atoms with Gasteiger partial charge < -0.3 is 24.8 Å². The molecule has 4 aromatic carbocycles. The van der Waals surface area contributed by atoms with E-state index in [2.05, 4.69) is 44.5 Å². The van der Waals surface area contributed by atoms with Crippen LogP contribution in [-0.2, 0) is 6.54 Å². The lowest BCUT2D eigenvalue weighted by atomic mass is 10.1. The van der Waals surface area contributed by atoms with Gasteiger partial charge in [-0.2, -0.15) is 0 Å². The van der Waals surface area contributed by atoms with Crippen LogP contribution in [-0.4, -0.2) is 50.9 Å². The van der Waals surface area contributed by atoms with Gasteiger partial charge in [-0.1, -0.05) is 18.2 Å². The second-order valence-corrected chi connectivity index (χ2v) is 11.1. The number of ether oxygens (including phenoxy) is 1. The average Bonchev–Trinajstić information content (AvgIpc) is 3.38. The Morgan fingerprint density at radius 3 is 2.30 bits per heavy atom. The molecule has 9 heteroatoms. The molecule has 2 heterocycles. The maximum Gasteiger partial charge on any atom is 0.409 e. The zero-order valence-corrected chi connectivity index (χ0v) is 24.4. The van der Waals surface area contributed by atoms with Crippen molar-refractivity contribution in [1.29, 1.82) is 0 Å². The minimum absolute atomic E-state index is 0.193. The number of aliphatic hydroxyl groups is 1. The SMILES string of the molecule is Cc1cc(NC(=O)c2ccc(-n3cc(CN4CCC(O)CC4)c4ccccc43)cc2)ccc1Oc1ccc(NC(=O)O)cc1. The molecule has 0 bridgehead atoms. The first-order valence-corrected chi connectivity index (χ1v) is 14.6. The molecular weight excluding hydrogens is 556 g/mol. The molecule has 0 unspecified atom stereocenters. The van der Waals surface area contributed by atoms with Crippen molar-refractivity contribution in [2.75, 3.05) is 23.7 Å². The summed E-state index contributed by atoms with van der Waals surface area (Å²) in [4.78, 5) is 26.3. The van der Waals surface area contributed by atoms with Crippen molar-refractivity contribution in [3.8, 4) is 17.2 Å². The highest BCUT2D eigenvalue weighted by atomic mass is 16.5. The molecule has 224 valence electrons. The summed E-state index contributed by atoms with van der Waals surface area (Å²) in [6, 6.07) is 28.0. The fourth-order valence-electron chi connectivity index (χ4n) is 5.58. The number of carbonyl (C=O) groups is 2. The van der Waals surface area contributed by atoms with Gasteiger partial charge in [0.25, 0.3) is 5.91 Å². The number of aryl methyl sites for hydroxylation is 1. The molecule has 4 N–H and O–H groups in total. The molecule has 1 aliphatic heterocycles.